The number of rotatable bonds is 2. The molecule has 0 bridgehead atoms. The molecule has 1 heterocycles. The van der Waals surface area contributed by atoms with Gasteiger partial charge in [-0.05, 0) is 45.6 Å². The smallest absolute Gasteiger partial charge is 0.413 e. The van der Waals surface area contributed by atoms with Crippen molar-refractivity contribution in [3.63, 3.8) is 0 Å². The largest absolute Gasteiger partial charge is 0.444 e. The predicted octanol–water partition coefficient (Wildman–Crippen LogP) is 4.48. The molecule has 1 amide bonds. The molecule has 26 heavy (non-hydrogen) atoms. The van der Waals surface area contributed by atoms with Crippen LogP contribution in [0.2, 0.25) is 5.02 Å². The Balaban J connectivity index is 1.90. The third-order valence-corrected chi connectivity index (χ3v) is 5.55. The van der Waals surface area contributed by atoms with Crippen LogP contribution in [0, 0.1) is 16.0 Å². The number of alkyl carbamates (subject to hydrolysis) is 1. The summed E-state index contributed by atoms with van der Waals surface area (Å²) in [6.45, 7) is 5.36. The van der Waals surface area contributed by atoms with Crippen molar-refractivity contribution in [1.29, 1.82) is 0 Å². The quantitative estimate of drug-likeness (QED) is 0.586. The number of nitrogens with zero attached hydrogens (tertiary/aromatic N) is 2. The fourth-order valence-electron chi connectivity index (χ4n) is 3.11. The van der Waals surface area contributed by atoms with Gasteiger partial charge in [-0.15, -0.1) is 0 Å². The molecular weight excluding hydrogens is 378 g/mol. The number of hydrogen-bond acceptors (Lipinski definition) is 6. The van der Waals surface area contributed by atoms with Crippen LogP contribution in [0.25, 0.3) is 0 Å². The van der Waals surface area contributed by atoms with Crippen LogP contribution in [0.15, 0.2) is 23.2 Å². The number of fused-ring (bicyclic) bond motifs is 1. The Morgan fingerprint density at radius 1 is 1.50 bits per heavy atom. The van der Waals surface area contributed by atoms with E-state index in [1.165, 1.54) is 30.0 Å². The number of hydrogen-bond donors (Lipinski definition) is 1. The highest BCUT2D eigenvalue weighted by atomic mass is 35.5. The number of aliphatic imine (C=N–C) groups is 1. The van der Waals surface area contributed by atoms with Crippen LogP contribution in [-0.2, 0) is 10.3 Å². The third kappa shape index (κ3) is 3.96. The molecule has 9 heteroatoms. The minimum Gasteiger partial charge on any atom is -0.444 e. The molecule has 1 aliphatic heterocycles. The second-order valence-electron chi connectivity index (χ2n) is 7.43. The zero-order valence-corrected chi connectivity index (χ0v) is 16.3. The lowest BCUT2D eigenvalue weighted by molar-refractivity contribution is -0.384. The summed E-state index contributed by atoms with van der Waals surface area (Å²) < 4.78 is 5.28. The van der Waals surface area contributed by atoms with Gasteiger partial charge in [0.05, 0.1) is 10.5 Å². The Bertz CT molecular complexity index is 793. The first-order valence-electron chi connectivity index (χ1n) is 8.28. The molecule has 1 aliphatic carbocycles. The Hall–Kier alpha value is -1.80. The predicted molar refractivity (Wildman–Crippen MR) is 102 cm³/mol. The van der Waals surface area contributed by atoms with E-state index in [1.54, 1.807) is 20.8 Å². The second-order valence-corrected chi connectivity index (χ2v) is 8.92. The lowest BCUT2D eigenvalue weighted by atomic mass is 10.0. The molecule has 2 unspecified atom stereocenters. The Morgan fingerprint density at radius 2 is 2.23 bits per heavy atom. The number of halogens is 1. The summed E-state index contributed by atoms with van der Waals surface area (Å²) in [5, 5.41) is 14.7. The van der Waals surface area contributed by atoms with Crippen LogP contribution in [-0.4, -0.2) is 27.5 Å². The molecular formula is C17H20ClN3O4S. The van der Waals surface area contributed by atoms with Gasteiger partial charge in [0.15, 0.2) is 5.17 Å². The standard InChI is InChI=1S/C17H20ClN3O4S/c1-16(2,3)25-15(22)19-14-20-17(9-10(17)6-7-26-14)12-8-11(21(23)24)4-5-13(12)18/h4-5,8,10H,6-7,9H2,1-3H3,(H,19,20,22). The molecule has 1 N–H and O–H groups in total. The molecule has 0 saturated heterocycles. The van der Waals surface area contributed by atoms with Crippen LogP contribution in [0.3, 0.4) is 0 Å². The molecule has 0 spiro atoms. The fraction of sp³-hybridized carbons (Fsp3) is 0.529. The molecule has 2 aliphatic rings. The number of amidine groups is 1. The fourth-order valence-corrected chi connectivity index (χ4v) is 4.37. The van der Waals surface area contributed by atoms with E-state index in [4.69, 9.17) is 21.3 Å². The van der Waals surface area contributed by atoms with Crippen LogP contribution < -0.4 is 5.32 Å². The number of amides is 1. The van der Waals surface area contributed by atoms with Gasteiger partial charge in [0, 0.05) is 28.5 Å². The van der Waals surface area contributed by atoms with Crippen molar-refractivity contribution in [1.82, 2.24) is 5.32 Å². The molecule has 0 aromatic heterocycles. The van der Waals surface area contributed by atoms with Crippen molar-refractivity contribution in [2.45, 2.75) is 44.8 Å². The van der Waals surface area contributed by atoms with E-state index in [0.29, 0.717) is 15.8 Å². The van der Waals surface area contributed by atoms with Gasteiger partial charge in [-0.1, -0.05) is 23.4 Å². The van der Waals surface area contributed by atoms with Crippen molar-refractivity contribution < 1.29 is 14.5 Å². The first kappa shape index (κ1) is 19.0. The summed E-state index contributed by atoms with van der Waals surface area (Å²) in [6.07, 6.45) is 1.09. The molecule has 1 aromatic carbocycles. The first-order valence-corrected chi connectivity index (χ1v) is 9.64. The number of thioether (sulfide) groups is 1. The number of carbonyl (C=O) groups is 1. The lowest BCUT2D eigenvalue weighted by Gasteiger charge is -2.20. The summed E-state index contributed by atoms with van der Waals surface area (Å²) >= 11 is 7.78. The maximum atomic E-state index is 12.1. The molecule has 7 nitrogen and oxygen atoms in total. The van der Waals surface area contributed by atoms with Gasteiger partial charge in [0.25, 0.3) is 5.69 Å². The summed E-state index contributed by atoms with van der Waals surface area (Å²) in [5.41, 5.74) is -0.595. The van der Waals surface area contributed by atoms with Crippen molar-refractivity contribution in [3.8, 4) is 0 Å². The van der Waals surface area contributed by atoms with Crippen molar-refractivity contribution in [2.24, 2.45) is 10.9 Å². The van der Waals surface area contributed by atoms with Gasteiger partial charge in [0.1, 0.15) is 5.60 Å². The van der Waals surface area contributed by atoms with E-state index in [0.717, 1.165) is 18.6 Å². The third-order valence-electron chi connectivity index (χ3n) is 4.31. The van der Waals surface area contributed by atoms with Crippen LogP contribution in [0.1, 0.15) is 39.2 Å². The summed E-state index contributed by atoms with van der Waals surface area (Å²) in [6, 6.07) is 4.41. The molecule has 140 valence electrons. The van der Waals surface area contributed by atoms with Gasteiger partial charge in [-0.2, -0.15) is 0 Å². The van der Waals surface area contributed by atoms with Gasteiger partial charge in [-0.3, -0.25) is 20.4 Å². The monoisotopic (exact) mass is 397 g/mol. The Labute approximate surface area is 160 Å². The van der Waals surface area contributed by atoms with Crippen molar-refractivity contribution in [2.75, 3.05) is 5.75 Å². The van der Waals surface area contributed by atoms with Gasteiger partial charge in [0.2, 0.25) is 0 Å². The van der Waals surface area contributed by atoms with Gasteiger partial charge in [-0.25, -0.2) is 4.79 Å². The maximum absolute atomic E-state index is 12.1. The zero-order chi connectivity index (χ0) is 19.1. The number of non-ortho nitro benzene ring substituents is 1. The summed E-state index contributed by atoms with van der Waals surface area (Å²) in [4.78, 5) is 27.5. The number of nitro groups is 1. The number of benzene rings is 1. The van der Waals surface area contributed by atoms with Crippen LogP contribution >= 0.6 is 23.4 Å². The first-order chi connectivity index (χ1) is 12.1. The average Bonchev–Trinajstić information content (AvgIpc) is 3.19. The number of ether oxygens (including phenoxy) is 1. The van der Waals surface area contributed by atoms with Crippen LogP contribution in [0.5, 0.6) is 0 Å². The van der Waals surface area contributed by atoms with Crippen molar-refractivity contribution in [3.05, 3.63) is 38.9 Å². The highest BCUT2D eigenvalue weighted by Gasteiger charge is 2.57. The van der Waals surface area contributed by atoms with E-state index >= 15 is 0 Å². The number of nitrogens with one attached hydrogen (secondary N) is 1. The SMILES string of the molecule is CC(C)(C)OC(=O)NC1=NC2(c3cc([N+](=O)[O-])ccc3Cl)CC2CCS1. The minimum absolute atomic E-state index is 0.0156. The zero-order valence-electron chi connectivity index (χ0n) is 14.7. The summed E-state index contributed by atoms with van der Waals surface area (Å²) in [5.74, 6) is 1.06. The topological polar surface area (TPSA) is 93.8 Å². The van der Waals surface area contributed by atoms with Gasteiger partial charge >= 0.3 is 6.09 Å². The minimum atomic E-state index is -0.614. The van der Waals surface area contributed by atoms with Gasteiger partial charge < -0.3 is 4.74 Å². The molecule has 3 rings (SSSR count). The molecule has 1 fully saturated rings. The van der Waals surface area contributed by atoms with Crippen LogP contribution in [0.4, 0.5) is 10.5 Å². The molecule has 2 atom stereocenters. The molecule has 1 saturated carbocycles. The Kier molecular flexibility index (Phi) is 4.92. The van der Waals surface area contributed by atoms with E-state index < -0.39 is 22.2 Å². The van der Waals surface area contributed by atoms with E-state index in [2.05, 4.69) is 5.32 Å². The highest BCUT2D eigenvalue weighted by Crippen LogP contribution is 2.60. The van der Waals surface area contributed by atoms with E-state index in [9.17, 15) is 14.9 Å². The average molecular weight is 398 g/mol. The molecule has 0 radical (unpaired) electrons. The second kappa shape index (κ2) is 6.74. The van der Waals surface area contributed by atoms with Crippen molar-refractivity contribution >= 4 is 40.3 Å². The van der Waals surface area contributed by atoms with E-state index in [-0.39, 0.29) is 11.6 Å². The number of nitro benzene ring substituents is 1. The van der Waals surface area contributed by atoms with E-state index in [1.807, 2.05) is 0 Å². The number of carbonyl (C=O) groups excluding carboxylic acids is 1. The molecule has 1 aromatic rings. The summed E-state index contributed by atoms with van der Waals surface area (Å²) in [7, 11) is 0. The highest BCUT2D eigenvalue weighted by molar-refractivity contribution is 8.13. The Morgan fingerprint density at radius 3 is 2.88 bits per heavy atom. The lowest BCUT2D eigenvalue weighted by Crippen LogP contribution is -2.35. The normalized spacial score (nSPS) is 24.8. The maximum Gasteiger partial charge on any atom is 0.413 e.